The fourth-order valence-electron chi connectivity index (χ4n) is 5.64. The minimum Gasteiger partial charge on any atom is -0.494 e. The van der Waals surface area contributed by atoms with Crippen molar-refractivity contribution in [3.8, 4) is 11.8 Å². The maximum absolute atomic E-state index is 14.8. The summed E-state index contributed by atoms with van der Waals surface area (Å²) in [6.45, 7) is 1.62. The molecule has 0 aliphatic carbocycles. The number of nitrogens with zero attached hydrogens (tertiary/aromatic N) is 4. The summed E-state index contributed by atoms with van der Waals surface area (Å²) in [5.41, 5.74) is -6.47. The van der Waals surface area contributed by atoms with Crippen LogP contribution in [0.4, 0.5) is 39.5 Å². The van der Waals surface area contributed by atoms with Crippen molar-refractivity contribution in [3.05, 3.63) is 58.7 Å². The minimum absolute atomic E-state index is 0.0372. The van der Waals surface area contributed by atoms with E-state index in [9.17, 15) is 49.7 Å². The fourth-order valence-corrected chi connectivity index (χ4v) is 5.64. The number of benzene rings is 3. The van der Waals surface area contributed by atoms with Gasteiger partial charge in [0.2, 0.25) is 11.8 Å². The molecule has 7 aromatic rings. The van der Waals surface area contributed by atoms with E-state index in [0.29, 0.717) is 22.1 Å². The number of imidazole rings is 2. The molecule has 6 nitrogen and oxygen atoms in total. The Morgan fingerprint density at radius 1 is 0.585 bits per heavy atom. The molecule has 210 valence electrons. The second-order valence-electron chi connectivity index (χ2n) is 9.63. The normalized spacial score (nSPS) is 13.8. The van der Waals surface area contributed by atoms with Gasteiger partial charge in [-0.2, -0.15) is 39.5 Å². The molecule has 0 fully saturated rings. The first-order valence-electron chi connectivity index (χ1n) is 11.6. The van der Waals surface area contributed by atoms with Gasteiger partial charge < -0.3 is 10.2 Å². The van der Waals surface area contributed by atoms with Crippen molar-refractivity contribution in [2.75, 3.05) is 0 Å². The first kappa shape index (κ1) is 25.3. The third-order valence-electron chi connectivity index (χ3n) is 7.18. The maximum atomic E-state index is 14.8. The maximum Gasteiger partial charge on any atom is 0.417 e. The summed E-state index contributed by atoms with van der Waals surface area (Å²) >= 11 is 0. The number of fused-ring (bicyclic) bond motifs is 10. The molecule has 0 saturated heterocycles. The highest BCUT2D eigenvalue weighted by Gasteiger charge is 2.47. The van der Waals surface area contributed by atoms with Gasteiger partial charge in [0.05, 0.1) is 49.5 Å². The Morgan fingerprint density at radius 3 is 1.46 bits per heavy atom. The Hall–Kier alpha value is -4.69. The Balaban J connectivity index is 1.82. The van der Waals surface area contributed by atoms with E-state index in [-0.39, 0.29) is 16.6 Å². The molecule has 0 amide bonds. The topological polar surface area (TPSA) is 75.1 Å². The van der Waals surface area contributed by atoms with E-state index < -0.39 is 85.3 Å². The lowest BCUT2D eigenvalue weighted by atomic mass is 9.95. The zero-order valence-electron chi connectivity index (χ0n) is 20.0. The third kappa shape index (κ3) is 3.16. The third-order valence-corrected chi connectivity index (χ3v) is 7.18. The number of rotatable bonds is 0. The van der Waals surface area contributed by atoms with Crippen molar-refractivity contribution in [1.82, 2.24) is 18.8 Å². The first-order chi connectivity index (χ1) is 19.0. The summed E-state index contributed by atoms with van der Waals surface area (Å²) in [4.78, 5) is 7.96. The quantitative estimate of drug-likeness (QED) is 0.179. The molecular weight excluding hydrogens is 571 g/mol. The number of aromatic nitrogens is 4. The molecule has 0 spiro atoms. The monoisotopic (exact) mass is 582 g/mol. The molecule has 0 atom stereocenters. The van der Waals surface area contributed by atoms with Crippen molar-refractivity contribution >= 4 is 54.9 Å². The van der Waals surface area contributed by atoms with Gasteiger partial charge in [-0.1, -0.05) is 6.07 Å². The van der Waals surface area contributed by atoms with Gasteiger partial charge in [-0.05, 0) is 42.8 Å². The van der Waals surface area contributed by atoms with Crippen LogP contribution >= 0.6 is 0 Å². The van der Waals surface area contributed by atoms with Gasteiger partial charge in [0.25, 0.3) is 0 Å². The average Bonchev–Trinajstić information content (AvgIpc) is 3.55. The molecule has 0 aliphatic rings. The van der Waals surface area contributed by atoms with Crippen molar-refractivity contribution in [2.24, 2.45) is 0 Å². The van der Waals surface area contributed by atoms with Crippen LogP contribution in [0.5, 0.6) is 11.8 Å². The van der Waals surface area contributed by atoms with E-state index in [0.717, 1.165) is 10.5 Å². The number of alkyl halides is 9. The lowest BCUT2D eigenvalue weighted by Crippen LogP contribution is -2.11. The van der Waals surface area contributed by atoms with Gasteiger partial charge in [-0.3, -0.25) is 8.80 Å². The van der Waals surface area contributed by atoms with Crippen molar-refractivity contribution < 1.29 is 49.7 Å². The molecule has 2 N–H and O–H groups in total. The van der Waals surface area contributed by atoms with Crippen LogP contribution in [-0.2, 0) is 18.5 Å². The highest BCUT2D eigenvalue weighted by atomic mass is 19.4. The van der Waals surface area contributed by atoms with E-state index in [1.807, 2.05) is 0 Å². The molecule has 0 aliphatic heterocycles. The number of hydrogen-bond acceptors (Lipinski definition) is 4. The molecule has 0 radical (unpaired) electrons. The van der Waals surface area contributed by atoms with Crippen LogP contribution < -0.4 is 0 Å². The van der Waals surface area contributed by atoms with Gasteiger partial charge in [-0.25, -0.2) is 9.97 Å². The van der Waals surface area contributed by atoms with Crippen LogP contribution in [-0.4, -0.2) is 29.0 Å². The largest absolute Gasteiger partial charge is 0.494 e. The first-order valence-corrected chi connectivity index (χ1v) is 11.6. The molecule has 3 aromatic carbocycles. The Labute approximate surface area is 219 Å². The second kappa shape index (κ2) is 7.33. The van der Waals surface area contributed by atoms with Gasteiger partial charge in [0, 0.05) is 10.8 Å². The van der Waals surface area contributed by atoms with Gasteiger partial charge in [-0.15, -0.1) is 0 Å². The van der Waals surface area contributed by atoms with E-state index in [1.54, 1.807) is 13.0 Å². The fraction of sp³-hybridized carbons (Fsp3) is 0.154. The van der Waals surface area contributed by atoms with Crippen LogP contribution in [0.1, 0.15) is 22.3 Å². The molecule has 0 saturated carbocycles. The highest BCUT2D eigenvalue weighted by Crippen LogP contribution is 2.55. The molecule has 7 rings (SSSR count). The number of hydrogen-bond donors (Lipinski definition) is 2. The van der Waals surface area contributed by atoms with Crippen LogP contribution in [0.25, 0.3) is 54.9 Å². The van der Waals surface area contributed by atoms with Crippen LogP contribution in [0.3, 0.4) is 0 Å². The highest BCUT2D eigenvalue weighted by molar-refractivity contribution is 6.21. The van der Waals surface area contributed by atoms with Gasteiger partial charge >= 0.3 is 18.5 Å². The standard InChI is InChI=1S/C26H11F9N4O2/c1-8-2-4-10-12(6-8)38-20(36-10)14-16(22(38)40)19(26(33,34)35)15-17(18(14)25(30,31)32)23(41)39-13-7-9(24(27,28)29)3-5-11(13)37-21(15)39/h2-7,40-41H,1H3. The van der Waals surface area contributed by atoms with Crippen molar-refractivity contribution in [3.63, 3.8) is 0 Å². The summed E-state index contributed by atoms with van der Waals surface area (Å²) in [5, 5.41) is 17.2. The summed E-state index contributed by atoms with van der Waals surface area (Å²) in [7, 11) is 0. The number of aryl methyl sites for hydroxylation is 1. The van der Waals surface area contributed by atoms with E-state index in [4.69, 9.17) is 0 Å². The van der Waals surface area contributed by atoms with Crippen LogP contribution in [0, 0.1) is 6.92 Å². The smallest absolute Gasteiger partial charge is 0.417 e. The molecule has 15 heteroatoms. The van der Waals surface area contributed by atoms with Crippen molar-refractivity contribution in [1.29, 1.82) is 0 Å². The number of halogens is 9. The predicted molar refractivity (Wildman–Crippen MR) is 128 cm³/mol. The Bertz CT molecular complexity index is 2250. The summed E-state index contributed by atoms with van der Waals surface area (Å²) in [6, 6.07) is 6.30. The summed E-state index contributed by atoms with van der Waals surface area (Å²) in [6.07, 6.45) is -15.8. The zero-order chi connectivity index (χ0) is 29.5. The van der Waals surface area contributed by atoms with Gasteiger partial charge in [0.1, 0.15) is 11.3 Å². The van der Waals surface area contributed by atoms with E-state index in [1.165, 1.54) is 12.1 Å². The lowest BCUT2D eigenvalue weighted by molar-refractivity contribution is -0.137. The number of aromatic hydroxyl groups is 2. The minimum atomic E-state index is -5.42. The van der Waals surface area contributed by atoms with Crippen LogP contribution in [0.2, 0.25) is 0 Å². The lowest BCUT2D eigenvalue weighted by Gasteiger charge is -2.16. The summed E-state index contributed by atoms with van der Waals surface area (Å²) < 4.78 is 130. The van der Waals surface area contributed by atoms with Gasteiger partial charge in [0.15, 0.2) is 0 Å². The average molecular weight is 582 g/mol. The molecule has 41 heavy (non-hydrogen) atoms. The second-order valence-corrected chi connectivity index (χ2v) is 9.63. The predicted octanol–water partition coefficient (Wildman–Crippen LogP) is 7.81. The zero-order valence-corrected chi connectivity index (χ0v) is 20.0. The Kier molecular flexibility index (Phi) is 4.52. The molecule has 4 aromatic heterocycles. The molecule has 4 heterocycles. The van der Waals surface area contributed by atoms with E-state index >= 15 is 0 Å². The molecule has 0 unspecified atom stereocenters. The summed E-state index contributed by atoms with van der Waals surface area (Å²) in [5.74, 6) is -2.58. The molecule has 0 bridgehead atoms. The van der Waals surface area contributed by atoms with Crippen LogP contribution in [0.15, 0.2) is 36.4 Å². The Morgan fingerprint density at radius 2 is 1.02 bits per heavy atom. The van der Waals surface area contributed by atoms with E-state index in [2.05, 4.69) is 9.97 Å². The van der Waals surface area contributed by atoms with Crippen molar-refractivity contribution in [2.45, 2.75) is 25.5 Å². The molecular formula is C26H11F9N4O2. The SMILES string of the molecule is Cc1ccc2nc3c4c(C(F)(F)F)c5c(O)n6c7cc(C(F)(F)F)ccc7nc6c5c(C(F)(F)F)c4c(O)n3c2c1.